The van der Waals surface area contributed by atoms with Crippen LogP contribution in [0.4, 0.5) is 5.69 Å². The van der Waals surface area contributed by atoms with Crippen LogP contribution in [-0.2, 0) is 9.53 Å². The highest BCUT2D eigenvalue weighted by molar-refractivity contribution is 5.97. The number of nitrogens with zero attached hydrogens (tertiary/aromatic N) is 1. The molecule has 1 atom stereocenters. The fourth-order valence-corrected chi connectivity index (χ4v) is 2.19. The highest BCUT2D eigenvalue weighted by Crippen LogP contribution is 2.34. The molecule has 0 saturated heterocycles. The number of fused-ring (bicyclic) bond motifs is 1. The number of nitrogens with two attached hydrogens (primary N) is 1. The van der Waals surface area contributed by atoms with E-state index in [9.17, 15) is 4.79 Å². The largest absolute Gasteiger partial charge is 0.482 e. The van der Waals surface area contributed by atoms with Gasteiger partial charge in [-0.05, 0) is 24.1 Å². The molecule has 0 spiro atoms. The lowest BCUT2D eigenvalue weighted by molar-refractivity contribution is -0.121. The molecule has 1 aliphatic heterocycles. The molecule has 5 heteroatoms. The average Bonchev–Trinajstić information content (AvgIpc) is 2.42. The third-order valence-electron chi connectivity index (χ3n) is 3.15. The van der Waals surface area contributed by atoms with Gasteiger partial charge in [-0.2, -0.15) is 0 Å². The number of anilines is 1. The van der Waals surface area contributed by atoms with Crippen molar-refractivity contribution in [3.63, 3.8) is 0 Å². The lowest BCUT2D eigenvalue weighted by Gasteiger charge is -2.30. The molecule has 0 bridgehead atoms. The molecule has 1 heterocycles. The fourth-order valence-electron chi connectivity index (χ4n) is 2.19. The molecule has 1 aromatic carbocycles. The zero-order valence-corrected chi connectivity index (χ0v) is 11.4. The Morgan fingerprint density at radius 2 is 2.32 bits per heavy atom. The van der Waals surface area contributed by atoms with E-state index in [2.05, 4.69) is 0 Å². The van der Waals surface area contributed by atoms with E-state index < -0.39 is 0 Å². The molecule has 5 nitrogen and oxygen atoms in total. The molecular formula is C14H20N2O3. The Hall–Kier alpha value is -1.59. The molecule has 1 aliphatic rings. The molecule has 104 valence electrons. The molecule has 1 aromatic rings. The van der Waals surface area contributed by atoms with Gasteiger partial charge in [0.25, 0.3) is 5.91 Å². The number of hydrogen-bond acceptors (Lipinski definition) is 4. The van der Waals surface area contributed by atoms with Crippen LogP contribution in [0.5, 0.6) is 5.75 Å². The van der Waals surface area contributed by atoms with Crippen molar-refractivity contribution < 1.29 is 14.3 Å². The maximum atomic E-state index is 11.9. The first-order valence-electron chi connectivity index (χ1n) is 6.49. The number of carbonyl (C=O) groups is 1. The Kier molecular flexibility index (Phi) is 4.39. The quantitative estimate of drug-likeness (QED) is 0.874. The molecular weight excluding hydrogens is 244 g/mol. The standard InChI is InChI=1S/C14H20N2O3/c1-3-6-16-12-7-10(11(15)8-18-2)4-5-13(12)19-9-14(16)17/h4-5,7,11H,3,6,8-9,15H2,1-2H3. The molecule has 2 N–H and O–H groups in total. The number of hydrogen-bond donors (Lipinski definition) is 1. The Bertz CT molecular complexity index is 462. The van der Waals surface area contributed by atoms with Gasteiger partial charge in [0.2, 0.25) is 0 Å². The van der Waals surface area contributed by atoms with Crippen LogP contribution in [0.1, 0.15) is 24.9 Å². The molecule has 1 amide bonds. The summed E-state index contributed by atoms with van der Waals surface area (Å²) in [7, 11) is 1.62. The molecule has 0 fully saturated rings. The van der Waals surface area contributed by atoms with Gasteiger partial charge in [0.05, 0.1) is 18.3 Å². The summed E-state index contributed by atoms with van der Waals surface area (Å²) in [6.07, 6.45) is 0.902. The van der Waals surface area contributed by atoms with Crippen LogP contribution in [0.25, 0.3) is 0 Å². The van der Waals surface area contributed by atoms with Crippen LogP contribution in [0, 0.1) is 0 Å². The van der Waals surface area contributed by atoms with Gasteiger partial charge in [0.15, 0.2) is 6.61 Å². The van der Waals surface area contributed by atoms with Gasteiger partial charge in [-0.25, -0.2) is 0 Å². The summed E-state index contributed by atoms with van der Waals surface area (Å²) in [6, 6.07) is 5.51. The minimum Gasteiger partial charge on any atom is -0.482 e. The molecule has 19 heavy (non-hydrogen) atoms. The number of benzene rings is 1. The summed E-state index contributed by atoms with van der Waals surface area (Å²) < 4.78 is 10.5. The van der Waals surface area contributed by atoms with Crippen molar-refractivity contribution in [3.05, 3.63) is 23.8 Å². The second-order valence-corrected chi connectivity index (χ2v) is 4.62. The molecule has 1 unspecified atom stereocenters. The van der Waals surface area contributed by atoms with E-state index in [0.717, 1.165) is 23.4 Å². The highest BCUT2D eigenvalue weighted by atomic mass is 16.5. The zero-order valence-electron chi connectivity index (χ0n) is 11.4. The highest BCUT2D eigenvalue weighted by Gasteiger charge is 2.25. The third-order valence-corrected chi connectivity index (χ3v) is 3.15. The Labute approximate surface area is 113 Å². The van der Waals surface area contributed by atoms with Crippen LogP contribution in [0.15, 0.2) is 18.2 Å². The van der Waals surface area contributed by atoms with Crippen molar-refractivity contribution in [1.29, 1.82) is 0 Å². The summed E-state index contributed by atoms with van der Waals surface area (Å²) in [4.78, 5) is 13.7. The lowest BCUT2D eigenvalue weighted by Crippen LogP contribution is -2.39. The monoisotopic (exact) mass is 264 g/mol. The van der Waals surface area contributed by atoms with Gasteiger partial charge in [-0.1, -0.05) is 13.0 Å². The van der Waals surface area contributed by atoms with E-state index in [0.29, 0.717) is 13.2 Å². The smallest absolute Gasteiger partial charge is 0.265 e. The van der Waals surface area contributed by atoms with E-state index in [1.165, 1.54) is 0 Å². The number of amides is 1. The van der Waals surface area contributed by atoms with E-state index in [1.807, 2.05) is 25.1 Å². The maximum absolute atomic E-state index is 11.9. The number of carbonyl (C=O) groups excluding carboxylic acids is 1. The second kappa shape index (κ2) is 6.04. The Morgan fingerprint density at radius 1 is 1.53 bits per heavy atom. The molecule has 0 aliphatic carbocycles. The van der Waals surface area contributed by atoms with Gasteiger partial charge < -0.3 is 20.1 Å². The van der Waals surface area contributed by atoms with Gasteiger partial charge in [-0.3, -0.25) is 4.79 Å². The van der Waals surface area contributed by atoms with Crippen LogP contribution in [0.2, 0.25) is 0 Å². The zero-order chi connectivity index (χ0) is 13.8. The van der Waals surface area contributed by atoms with Crippen LogP contribution >= 0.6 is 0 Å². The summed E-state index contributed by atoms with van der Waals surface area (Å²) in [5, 5.41) is 0. The van der Waals surface area contributed by atoms with Gasteiger partial charge in [0, 0.05) is 13.7 Å². The molecule has 0 saturated carbocycles. The maximum Gasteiger partial charge on any atom is 0.265 e. The van der Waals surface area contributed by atoms with Gasteiger partial charge in [0.1, 0.15) is 5.75 Å². The molecule has 0 radical (unpaired) electrons. The van der Waals surface area contributed by atoms with Crippen molar-refractivity contribution in [1.82, 2.24) is 0 Å². The van der Waals surface area contributed by atoms with E-state index in [-0.39, 0.29) is 18.6 Å². The normalized spacial score (nSPS) is 15.9. The summed E-state index contributed by atoms with van der Waals surface area (Å²) in [5.74, 6) is 0.730. The van der Waals surface area contributed by atoms with Crippen molar-refractivity contribution in [3.8, 4) is 5.75 Å². The summed E-state index contributed by atoms with van der Waals surface area (Å²) in [6.45, 7) is 3.29. The van der Waals surface area contributed by atoms with E-state index >= 15 is 0 Å². The minimum atomic E-state index is -0.198. The predicted octanol–water partition coefficient (Wildman–Crippen LogP) is 1.47. The van der Waals surface area contributed by atoms with Gasteiger partial charge >= 0.3 is 0 Å². The van der Waals surface area contributed by atoms with E-state index in [4.69, 9.17) is 15.2 Å². The Balaban J connectivity index is 2.32. The molecule has 0 aromatic heterocycles. The first kappa shape index (κ1) is 13.8. The second-order valence-electron chi connectivity index (χ2n) is 4.62. The minimum absolute atomic E-state index is 0.00758. The first-order valence-corrected chi connectivity index (χ1v) is 6.49. The Morgan fingerprint density at radius 3 is 3.00 bits per heavy atom. The van der Waals surface area contributed by atoms with Crippen LogP contribution in [-0.4, -0.2) is 32.8 Å². The summed E-state index contributed by atoms with van der Waals surface area (Å²) >= 11 is 0. The topological polar surface area (TPSA) is 64.8 Å². The SMILES string of the molecule is CCCN1C(=O)COc2ccc(C(N)COC)cc21. The fraction of sp³-hybridized carbons (Fsp3) is 0.500. The predicted molar refractivity (Wildman–Crippen MR) is 73.4 cm³/mol. The number of methoxy groups -OCH3 is 1. The van der Waals surface area contributed by atoms with Crippen molar-refractivity contribution in [2.75, 3.05) is 31.8 Å². The number of rotatable bonds is 5. The molecule has 2 rings (SSSR count). The van der Waals surface area contributed by atoms with Crippen LogP contribution in [0.3, 0.4) is 0 Å². The van der Waals surface area contributed by atoms with Crippen molar-refractivity contribution >= 4 is 11.6 Å². The van der Waals surface area contributed by atoms with E-state index in [1.54, 1.807) is 12.0 Å². The van der Waals surface area contributed by atoms with Crippen LogP contribution < -0.4 is 15.4 Å². The summed E-state index contributed by atoms with van der Waals surface area (Å²) in [5.41, 5.74) is 7.78. The van der Waals surface area contributed by atoms with Crippen molar-refractivity contribution in [2.24, 2.45) is 5.73 Å². The number of ether oxygens (including phenoxy) is 2. The van der Waals surface area contributed by atoms with Gasteiger partial charge in [-0.15, -0.1) is 0 Å². The lowest BCUT2D eigenvalue weighted by atomic mass is 10.1. The average molecular weight is 264 g/mol. The third kappa shape index (κ3) is 2.88. The van der Waals surface area contributed by atoms with Crippen molar-refractivity contribution in [2.45, 2.75) is 19.4 Å². The first-order chi connectivity index (χ1) is 9.17.